The van der Waals surface area contributed by atoms with Gasteiger partial charge in [0.1, 0.15) is 18.3 Å². The van der Waals surface area contributed by atoms with Gasteiger partial charge in [-0.05, 0) is 94.0 Å². The lowest BCUT2D eigenvalue weighted by Gasteiger charge is -2.32. The van der Waals surface area contributed by atoms with E-state index in [2.05, 4.69) is 5.32 Å². The van der Waals surface area contributed by atoms with Gasteiger partial charge in [-0.2, -0.15) is 0 Å². The summed E-state index contributed by atoms with van der Waals surface area (Å²) in [6, 6.07) is 22.0. The molecule has 3 aromatic carbocycles. The number of rotatable bonds is 15. The molecule has 0 aliphatic heterocycles. The Morgan fingerprint density at radius 3 is 2.14 bits per heavy atom. The van der Waals surface area contributed by atoms with Crippen LogP contribution in [0.15, 0.2) is 88.7 Å². The van der Waals surface area contributed by atoms with Crippen molar-refractivity contribution in [3.05, 3.63) is 84.4 Å². The fourth-order valence-corrected chi connectivity index (χ4v) is 6.14. The molecule has 8 nitrogen and oxygen atoms in total. The van der Waals surface area contributed by atoms with E-state index in [1.54, 1.807) is 55.5 Å². The number of hydrogen-bond donors (Lipinski definition) is 1. The monoisotopic (exact) mass is 611 g/mol. The van der Waals surface area contributed by atoms with E-state index < -0.39 is 28.5 Å². The lowest BCUT2D eigenvalue weighted by molar-refractivity contribution is -0.139. The molecule has 0 aromatic heterocycles. The summed E-state index contributed by atoms with van der Waals surface area (Å²) in [5.41, 5.74) is 1.33. The Bertz CT molecular complexity index is 1400. The Hall–Kier alpha value is -3.50. The molecule has 0 bridgehead atoms. The molecule has 2 amide bonds. The van der Waals surface area contributed by atoms with Crippen molar-refractivity contribution < 1.29 is 22.7 Å². The van der Waals surface area contributed by atoms with Gasteiger partial charge in [0.15, 0.2) is 0 Å². The molecular formula is C32H41N3O5S2. The SMILES string of the molecule is CCOc1ccc(N(CC(=O)N(CCc2ccccc2)[C@@H](C)C(=O)N[C@@H](C)CC)S(=O)(=O)c2ccc(SC)cc2)cc1. The van der Waals surface area contributed by atoms with Gasteiger partial charge in [0, 0.05) is 17.5 Å². The number of nitrogens with zero attached hydrogens (tertiary/aromatic N) is 2. The molecule has 0 unspecified atom stereocenters. The van der Waals surface area contributed by atoms with E-state index in [1.165, 1.54) is 16.7 Å². The summed E-state index contributed by atoms with van der Waals surface area (Å²) < 4.78 is 34.7. The van der Waals surface area contributed by atoms with Gasteiger partial charge < -0.3 is 15.0 Å². The number of hydrogen-bond acceptors (Lipinski definition) is 6. The molecule has 0 saturated heterocycles. The van der Waals surface area contributed by atoms with Crippen molar-refractivity contribution in [2.24, 2.45) is 0 Å². The van der Waals surface area contributed by atoms with Crippen LogP contribution in [0.5, 0.6) is 5.75 Å². The Morgan fingerprint density at radius 2 is 1.57 bits per heavy atom. The van der Waals surface area contributed by atoms with Crippen LogP contribution in [-0.4, -0.2) is 63.2 Å². The normalized spacial score (nSPS) is 12.7. The van der Waals surface area contributed by atoms with E-state index in [1.807, 2.05) is 57.4 Å². The summed E-state index contributed by atoms with van der Waals surface area (Å²) in [7, 11) is -4.13. The van der Waals surface area contributed by atoms with Crippen LogP contribution in [0, 0.1) is 0 Å². The molecule has 10 heteroatoms. The molecule has 0 radical (unpaired) electrons. The van der Waals surface area contributed by atoms with Crippen molar-refractivity contribution in [2.75, 3.05) is 30.3 Å². The minimum Gasteiger partial charge on any atom is -0.494 e. The number of thioether (sulfide) groups is 1. The lowest BCUT2D eigenvalue weighted by Crippen LogP contribution is -2.53. The van der Waals surface area contributed by atoms with E-state index in [-0.39, 0.29) is 23.4 Å². The minimum absolute atomic E-state index is 0.0592. The summed E-state index contributed by atoms with van der Waals surface area (Å²) in [5.74, 6) is -0.168. The average molecular weight is 612 g/mol. The molecule has 0 aliphatic carbocycles. The Morgan fingerprint density at radius 1 is 0.929 bits per heavy atom. The van der Waals surface area contributed by atoms with Gasteiger partial charge in [0.25, 0.3) is 10.0 Å². The quantitative estimate of drug-likeness (QED) is 0.232. The van der Waals surface area contributed by atoms with Crippen LogP contribution >= 0.6 is 11.8 Å². The maximum absolute atomic E-state index is 14.0. The highest BCUT2D eigenvalue weighted by Crippen LogP contribution is 2.27. The van der Waals surface area contributed by atoms with Crippen LogP contribution in [0.1, 0.15) is 39.7 Å². The van der Waals surface area contributed by atoms with E-state index in [0.29, 0.717) is 24.5 Å². The molecule has 0 heterocycles. The van der Waals surface area contributed by atoms with Crippen LogP contribution in [0.3, 0.4) is 0 Å². The Labute approximate surface area is 254 Å². The van der Waals surface area contributed by atoms with Crippen molar-refractivity contribution in [1.82, 2.24) is 10.2 Å². The summed E-state index contributed by atoms with van der Waals surface area (Å²) in [5, 5.41) is 2.95. The largest absolute Gasteiger partial charge is 0.494 e. The zero-order valence-corrected chi connectivity index (χ0v) is 26.6. The van der Waals surface area contributed by atoms with E-state index in [0.717, 1.165) is 21.2 Å². The predicted octanol–water partition coefficient (Wildman–Crippen LogP) is 5.38. The van der Waals surface area contributed by atoms with Crippen LogP contribution in [-0.2, 0) is 26.0 Å². The summed E-state index contributed by atoms with van der Waals surface area (Å²) in [6.45, 7) is 7.66. The number of benzene rings is 3. The van der Waals surface area contributed by atoms with Gasteiger partial charge in [0.05, 0.1) is 17.2 Å². The highest BCUT2D eigenvalue weighted by atomic mass is 32.2. The number of sulfonamides is 1. The number of ether oxygens (including phenoxy) is 1. The summed E-state index contributed by atoms with van der Waals surface area (Å²) in [6.07, 6.45) is 3.17. The first-order chi connectivity index (χ1) is 20.1. The maximum Gasteiger partial charge on any atom is 0.264 e. The van der Waals surface area contributed by atoms with E-state index in [4.69, 9.17) is 4.74 Å². The zero-order chi connectivity index (χ0) is 30.7. The number of anilines is 1. The molecule has 3 aromatic rings. The van der Waals surface area contributed by atoms with Crippen molar-refractivity contribution in [1.29, 1.82) is 0 Å². The molecule has 0 saturated carbocycles. The summed E-state index contributed by atoms with van der Waals surface area (Å²) in [4.78, 5) is 29.6. The van der Waals surface area contributed by atoms with Gasteiger partial charge in [-0.1, -0.05) is 37.3 Å². The number of carbonyl (C=O) groups excluding carboxylic acids is 2. The molecule has 0 spiro atoms. The van der Waals surface area contributed by atoms with Crippen molar-refractivity contribution in [2.45, 2.75) is 62.4 Å². The van der Waals surface area contributed by atoms with Crippen molar-refractivity contribution in [3.8, 4) is 5.75 Å². The van der Waals surface area contributed by atoms with E-state index >= 15 is 0 Å². The highest BCUT2D eigenvalue weighted by molar-refractivity contribution is 7.98. The predicted molar refractivity (Wildman–Crippen MR) is 170 cm³/mol. The van der Waals surface area contributed by atoms with Gasteiger partial charge in [-0.25, -0.2) is 8.42 Å². The molecular weight excluding hydrogens is 571 g/mol. The third-order valence-electron chi connectivity index (χ3n) is 7.01. The second kappa shape index (κ2) is 15.7. The molecule has 0 aliphatic rings. The second-order valence-electron chi connectivity index (χ2n) is 9.93. The molecule has 1 N–H and O–H groups in total. The van der Waals surface area contributed by atoms with Crippen molar-refractivity contribution >= 4 is 39.3 Å². The van der Waals surface area contributed by atoms with Crippen LogP contribution < -0.4 is 14.4 Å². The fraction of sp³-hybridized carbons (Fsp3) is 0.375. The molecule has 0 fully saturated rings. The highest BCUT2D eigenvalue weighted by Gasteiger charge is 2.32. The third kappa shape index (κ3) is 8.75. The Balaban J connectivity index is 1.98. The molecule has 42 heavy (non-hydrogen) atoms. The lowest BCUT2D eigenvalue weighted by atomic mass is 10.1. The van der Waals surface area contributed by atoms with Crippen LogP contribution in [0.2, 0.25) is 0 Å². The van der Waals surface area contributed by atoms with Gasteiger partial charge >= 0.3 is 0 Å². The topological polar surface area (TPSA) is 96.0 Å². The first kappa shape index (κ1) is 33.0. The number of amides is 2. The summed E-state index contributed by atoms with van der Waals surface area (Å²) >= 11 is 1.51. The first-order valence-electron chi connectivity index (χ1n) is 14.1. The third-order valence-corrected chi connectivity index (χ3v) is 9.55. The average Bonchev–Trinajstić information content (AvgIpc) is 3.00. The van der Waals surface area contributed by atoms with Crippen molar-refractivity contribution in [3.63, 3.8) is 0 Å². The van der Waals surface area contributed by atoms with Crippen LogP contribution in [0.4, 0.5) is 5.69 Å². The zero-order valence-electron chi connectivity index (χ0n) is 24.9. The standard InChI is InChI=1S/C32H41N3O5S2/c1-6-24(3)33-32(37)25(4)34(22-21-26-11-9-8-10-12-26)31(36)23-35(27-13-15-28(16-14-27)40-7-2)42(38,39)30-19-17-29(41-5)18-20-30/h8-20,24-25H,6-7,21-23H2,1-5H3,(H,33,37)/t24-,25-/m0/s1. The first-order valence-corrected chi connectivity index (χ1v) is 16.8. The maximum atomic E-state index is 14.0. The van der Waals surface area contributed by atoms with Crippen LogP contribution in [0.25, 0.3) is 0 Å². The molecule has 3 rings (SSSR count). The fourth-order valence-electron chi connectivity index (χ4n) is 4.31. The molecule has 226 valence electrons. The van der Waals surface area contributed by atoms with Gasteiger partial charge in [0.2, 0.25) is 11.8 Å². The minimum atomic E-state index is -4.13. The number of nitrogens with one attached hydrogen (secondary N) is 1. The smallest absolute Gasteiger partial charge is 0.264 e. The number of carbonyl (C=O) groups is 2. The molecule has 2 atom stereocenters. The van der Waals surface area contributed by atoms with E-state index in [9.17, 15) is 18.0 Å². The Kier molecular flexibility index (Phi) is 12.3. The second-order valence-corrected chi connectivity index (χ2v) is 12.7. The van der Waals surface area contributed by atoms with Gasteiger partial charge in [-0.3, -0.25) is 13.9 Å². The van der Waals surface area contributed by atoms with Gasteiger partial charge in [-0.15, -0.1) is 11.8 Å².